The van der Waals surface area contributed by atoms with Crippen LogP contribution in [0.5, 0.6) is 5.75 Å². The largest absolute Gasteiger partial charge is 0.497 e. The van der Waals surface area contributed by atoms with Crippen LogP contribution in [0.4, 0.5) is 4.39 Å². The maximum Gasteiger partial charge on any atom is 0.123 e. The van der Waals surface area contributed by atoms with Gasteiger partial charge in [0, 0.05) is 12.1 Å². The van der Waals surface area contributed by atoms with Crippen LogP contribution in [0.25, 0.3) is 0 Å². The van der Waals surface area contributed by atoms with E-state index in [2.05, 4.69) is 24.4 Å². The van der Waals surface area contributed by atoms with Gasteiger partial charge in [-0.25, -0.2) is 4.39 Å². The molecule has 0 saturated carbocycles. The highest BCUT2D eigenvalue weighted by molar-refractivity contribution is 5.36. The summed E-state index contributed by atoms with van der Waals surface area (Å²) < 4.78 is 18.4. The van der Waals surface area contributed by atoms with Crippen LogP contribution < -0.4 is 10.1 Å². The summed E-state index contributed by atoms with van der Waals surface area (Å²) in [5.41, 5.74) is 3.59. The molecule has 2 aromatic carbocycles. The molecule has 0 saturated heterocycles. The fourth-order valence-corrected chi connectivity index (χ4v) is 3.05. The van der Waals surface area contributed by atoms with E-state index in [0.717, 1.165) is 24.2 Å². The first-order valence-corrected chi connectivity index (χ1v) is 7.35. The summed E-state index contributed by atoms with van der Waals surface area (Å²) in [5, 5.41) is 3.64. The molecule has 0 heterocycles. The molecule has 0 bridgehead atoms. The van der Waals surface area contributed by atoms with Crippen LogP contribution in [0.1, 0.15) is 42.1 Å². The van der Waals surface area contributed by atoms with E-state index >= 15 is 0 Å². The van der Waals surface area contributed by atoms with E-state index in [-0.39, 0.29) is 11.9 Å². The van der Waals surface area contributed by atoms with Crippen molar-refractivity contribution in [2.75, 3.05) is 7.11 Å². The number of benzene rings is 2. The number of fused-ring (bicyclic) bond motifs is 1. The van der Waals surface area contributed by atoms with Crippen LogP contribution in [0.2, 0.25) is 0 Å². The van der Waals surface area contributed by atoms with Crippen LogP contribution in [0.3, 0.4) is 0 Å². The van der Waals surface area contributed by atoms with Gasteiger partial charge in [-0.05, 0) is 60.7 Å². The highest BCUT2D eigenvalue weighted by atomic mass is 19.1. The normalized spacial score (nSPS) is 18.3. The standard InChI is InChI=1S/C18H20FNO/c1-12(13-3-7-16(21-2)8-4-13)20-18-10-5-14-11-15(19)6-9-17(14)18/h3-4,6-9,11-12,18,20H,5,10H2,1-2H3/t12-,18?/m0/s1. The summed E-state index contributed by atoms with van der Waals surface area (Å²) in [6.45, 7) is 2.16. The Hall–Kier alpha value is -1.87. The Labute approximate surface area is 125 Å². The molecule has 1 aliphatic rings. The van der Waals surface area contributed by atoms with Gasteiger partial charge in [-0.2, -0.15) is 0 Å². The molecule has 1 N–H and O–H groups in total. The Bertz CT molecular complexity index is 624. The van der Waals surface area contributed by atoms with Crippen molar-refractivity contribution in [1.29, 1.82) is 0 Å². The smallest absolute Gasteiger partial charge is 0.123 e. The van der Waals surface area contributed by atoms with Crippen molar-refractivity contribution in [2.45, 2.75) is 31.8 Å². The highest BCUT2D eigenvalue weighted by Crippen LogP contribution is 2.33. The fraction of sp³-hybridized carbons (Fsp3) is 0.333. The van der Waals surface area contributed by atoms with Crippen molar-refractivity contribution in [3.63, 3.8) is 0 Å². The SMILES string of the molecule is COc1ccc([C@H](C)NC2CCc3cc(F)ccc32)cc1. The second kappa shape index (κ2) is 5.86. The van der Waals surface area contributed by atoms with E-state index in [9.17, 15) is 4.39 Å². The Morgan fingerprint density at radius 2 is 1.95 bits per heavy atom. The lowest BCUT2D eigenvalue weighted by Gasteiger charge is -2.21. The van der Waals surface area contributed by atoms with E-state index < -0.39 is 0 Å². The molecule has 0 aliphatic heterocycles. The van der Waals surface area contributed by atoms with Gasteiger partial charge in [-0.1, -0.05) is 18.2 Å². The number of hydrogen-bond acceptors (Lipinski definition) is 2. The summed E-state index contributed by atoms with van der Waals surface area (Å²) in [4.78, 5) is 0. The monoisotopic (exact) mass is 285 g/mol. The molecule has 21 heavy (non-hydrogen) atoms. The number of halogens is 1. The van der Waals surface area contributed by atoms with Crippen molar-refractivity contribution in [3.8, 4) is 5.75 Å². The average Bonchev–Trinajstić information content (AvgIpc) is 2.89. The van der Waals surface area contributed by atoms with Crippen molar-refractivity contribution in [3.05, 3.63) is 65.0 Å². The van der Waals surface area contributed by atoms with Gasteiger partial charge in [0.25, 0.3) is 0 Å². The molecule has 0 amide bonds. The summed E-state index contributed by atoms with van der Waals surface area (Å²) in [6.07, 6.45) is 1.97. The third-order valence-corrected chi connectivity index (χ3v) is 4.25. The lowest BCUT2D eigenvalue weighted by Crippen LogP contribution is -2.23. The quantitative estimate of drug-likeness (QED) is 0.910. The lowest BCUT2D eigenvalue weighted by atomic mass is 10.0. The van der Waals surface area contributed by atoms with Crippen molar-refractivity contribution >= 4 is 0 Å². The molecule has 0 radical (unpaired) electrons. The maximum atomic E-state index is 13.3. The molecule has 110 valence electrons. The maximum absolute atomic E-state index is 13.3. The predicted molar refractivity (Wildman–Crippen MR) is 82.0 cm³/mol. The van der Waals surface area contributed by atoms with Crippen molar-refractivity contribution in [2.24, 2.45) is 0 Å². The van der Waals surface area contributed by atoms with E-state index in [1.165, 1.54) is 11.1 Å². The first-order valence-electron chi connectivity index (χ1n) is 7.35. The van der Waals surface area contributed by atoms with E-state index in [4.69, 9.17) is 4.74 Å². The number of nitrogens with one attached hydrogen (secondary N) is 1. The number of aryl methyl sites for hydroxylation is 1. The summed E-state index contributed by atoms with van der Waals surface area (Å²) in [5.74, 6) is 0.727. The first kappa shape index (κ1) is 14.1. The molecule has 2 nitrogen and oxygen atoms in total. The Morgan fingerprint density at radius 3 is 2.67 bits per heavy atom. The summed E-state index contributed by atoms with van der Waals surface area (Å²) in [6, 6.07) is 13.8. The van der Waals surface area contributed by atoms with Crippen LogP contribution >= 0.6 is 0 Å². The van der Waals surface area contributed by atoms with Gasteiger partial charge in [-0.15, -0.1) is 0 Å². The van der Waals surface area contributed by atoms with E-state index in [1.54, 1.807) is 19.2 Å². The Balaban J connectivity index is 1.72. The number of rotatable bonds is 4. The minimum Gasteiger partial charge on any atom is -0.497 e. The zero-order chi connectivity index (χ0) is 14.8. The lowest BCUT2D eigenvalue weighted by molar-refractivity contribution is 0.414. The van der Waals surface area contributed by atoms with Gasteiger partial charge in [0.2, 0.25) is 0 Å². The highest BCUT2D eigenvalue weighted by Gasteiger charge is 2.24. The molecule has 3 heteroatoms. The van der Waals surface area contributed by atoms with Crippen LogP contribution in [0, 0.1) is 5.82 Å². The third kappa shape index (κ3) is 2.93. The fourth-order valence-electron chi connectivity index (χ4n) is 3.05. The van der Waals surface area contributed by atoms with Gasteiger partial charge >= 0.3 is 0 Å². The minimum absolute atomic E-state index is 0.141. The zero-order valence-corrected chi connectivity index (χ0v) is 12.4. The molecule has 2 atom stereocenters. The molecule has 2 aromatic rings. The Morgan fingerprint density at radius 1 is 1.19 bits per heavy atom. The van der Waals surface area contributed by atoms with Gasteiger partial charge in [0.05, 0.1) is 7.11 Å². The molecule has 0 aromatic heterocycles. The third-order valence-electron chi connectivity index (χ3n) is 4.25. The van der Waals surface area contributed by atoms with Crippen LogP contribution in [0.15, 0.2) is 42.5 Å². The predicted octanol–water partition coefficient (Wildman–Crippen LogP) is 4.17. The van der Waals surface area contributed by atoms with E-state index in [0.29, 0.717) is 6.04 Å². The molecule has 0 fully saturated rings. The van der Waals surface area contributed by atoms with E-state index in [1.807, 2.05) is 18.2 Å². The number of methoxy groups -OCH3 is 1. The molecule has 0 spiro atoms. The average molecular weight is 285 g/mol. The Kier molecular flexibility index (Phi) is 3.93. The van der Waals surface area contributed by atoms with Crippen LogP contribution in [-0.4, -0.2) is 7.11 Å². The second-order valence-electron chi connectivity index (χ2n) is 5.60. The molecular weight excluding hydrogens is 265 g/mol. The first-order chi connectivity index (χ1) is 10.2. The zero-order valence-electron chi connectivity index (χ0n) is 12.4. The molecular formula is C18H20FNO. The van der Waals surface area contributed by atoms with Gasteiger partial charge in [0.15, 0.2) is 0 Å². The molecule has 1 aliphatic carbocycles. The van der Waals surface area contributed by atoms with Crippen LogP contribution in [-0.2, 0) is 6.42 Å². The van der Waals surface area contributed by atoms with Crippen molar-refractivity contribution < 1.29 is 9.13 Å². The van der Waals surface area contributed by atoms with Crippen molar-refractivity contribution in [1.82, 2.24) is 5.32 Å². The second-order valence-corrected chi connectivity index (χ2v) is 5.60. The number of ether oxygens (including phenoxy) is 1. The number of hydrogen-bond donors (Lipinski definition) is 1. The summed E-state index contributed by atoms with van der Waals surface area (Å²) in [7, 11) is 1.67. The molecule has 1 unspecified atom stereocenters. The molecule has 3 rings (SSSR count). The van der Waals surface area contributed by atoms with Gasteiger partial charge in [0.1, 0.15) is 11.6 Å². The van der Waals surface area contributed by atoms with Gasteiger partial charge < -0.3 is 10.1 Å². The topological polar surface area (TPSA) is 21.3 Å². The van der Waals surface area contributed by atoms with Gasteiger partial charge in [-0.3, -0.25) is 0 Å². The summed E-state index contributed by atoms with van der Waals surface area (Å²) >= 11 is 0. The minimum atomic E-state index is -0.141.